The lowest BCUT2D eigenvalue weighted by Crippen LogP contribution is -2.45. The molecule has 1 aliphatic rings. The Balaban J connectivity index is 2.66. The van der Waals surface area contributed by atoms with Crippen LogP contribution >= 0.6 is 0 Å². The van der Waals surface area contributed by atoms with Crippen LogP contribution in [0.5, 0.6) is 0 Å². The molecule has 1 heterocycles. The van der Waals surface area contributed by atoms with E-state index in [9.17, 15) is 4.79 Å². The lowest BCUT2D eigenvalue weighted by Gasteiger charge is -2.27. The molecule has 1 amide bonds. The number of amides is 1. The Bertz CT molecular complexity index is 272. The second-order valence-corrected chi connectivity index (χ2v) is 3.29. The van der Waals surface area contributed by atoms with E-state index in [4.69, 9.17) is 5.73 Å². The minimum absolute atomic E-state index is 0.424. The highest BCUT2D eigenvalue weighted by Gasteiger charge is 2.22. The van der Waals surface area contributed by atoms with Crippen molar-refractivity contribution in [1.29, 1.82) is 0 Å². The van der Waals surface area contributed by atoms with Crippen LogP contribution in [0.25, 0.3) is 0 Å². The Morgan fingerprint density at radius 3 is 3.00 bits per heavy atom. The fraction of sp³-hybridized carbons (Fsp3) is 0.667. The van der Waals surface area contributed by atoms with Gasteiger partial charge in [0, 0.05) is 6.54 Å². The van der Waals surface area contributed by atoms with Crippen molar-refractivity contribution in [2.75, 3.05) is 6.54 Å². The molecule has 2 N–H and O–H groups in total. The van der Waals surface area contributed by atoms with E-state index in [1.54, 1.807) is 18.2 Å². The summed E-state index contributed by atoms with van der Waals surface area (Å²) in [5.41, 5.74) is 5.24. The summed E-state index contributed by atoms with van der Waals surface area (Å²) in [4.78, 5) is 21.0. The number of amidine groups is 1. The van der Waals surface area contributed by atoms with Gasteiger partial charge in [0.1, 0.15) is 5.84 Å². The Morgan fingerprint density at radius 1 is 1.71 bits per heavy atom. The van der Waals surface area contributed by atoms with E-state index in [2.05, 4.69) is 16.9 Å². The smallest absolute Gasteiger partial charge is 0.262 e. The van der Waals surface area contributed by atoms with Gasteiger partial charge in [0.2, 0.25) is 6.17 Å². The van der Waals surface area contributed by atoms with Crippen LogP contribution in [0.15, 0.2) is 9.98 Å². The van der Waals surface area contributed by atoms with E-state index < -0.39 is 12.1 Å². The van der Waals surface area contributed by atoms with Gasteiger partial charge >= 0.3 is 0 Å². The van der Waals surface area contributed by atoms with Crippen molar-refractivity contribution in [3.05, 3.63) is 0 Å². The summed E-state index contributed by atoms with van der Waals surface area (Å²) in [6, 6.07) is 0. The van der Waals surface area contributed by atoms with Gasteiger partial charge in [-0.15, -0.1) is 0 Å². The molecule has 0 spiro atoms. The van der Waals surface area contributed by atoms with Gasteiger partial charge in [0.25, 0.3) is 5.91 Å². The van der Waals surface area contributed by atoms with Crippen LogP contribution in [-0.4, -0.2) is 35.7 Å². The summed E-state index contributed by atoms with van der Waals surface area (Å²) >= 11 is 0. The monoisotopic (exact) mass is 196 g/mol. The molecule has 0 bridgehead atoms. The SMILES string of the molecule is CCCCN1C=NC(C)=NC1C(N)=O. The molecule has 14 heavy (non-hydrogen) atoms. The Kier molecular flexibility index (Phi) is 3.62. The van der Waals surface area contributed by atoms with Gasteiger partial charge in [-0.2, -0.15) is 0 Å². The molecule has 0 saturated heterocycles. The maximum atomic E-state index is 11.1. The summed E-state index contributed by atoms with van der Waals surface area (Å²) in [6.45, 7) is 4.61. The number of hydrogen-bond acceptors (Lipinski definition) is 4. The zero-order valence-corrected chi connectivity index (χ0v) is 8.60. The lowest BCUT2D eigenvalue weighted by molar-refractivity contribution is -0.121. The Labute approximate surface area is 83.7 Å². The highest BCUT2D eigenvalue weighted by Crippen LogP contribution is 2.06. The van der Waals surface area contributed by atoms with Crippen LogP contribution in [0.4, 0.5) is 0 Å². The minimum Gasteiger partial charge on any atom is -0.366 e. The van der Waals surface area contributed by atoms with Crippen LogP contribution in [-0.2, 0) is 4.79 Å². The van der Waals surface area contributed by atoms with Crippen LogP contribution < -0.4 is 5.73 Å². The van der Waals surface area contributed by atoms with Gasteiger partial charge in [-0.1, -0.05) is 13.3 Å². The minimum atomic E-state index is -0.570. The molecule has 5 nitrogen and oxygen atoms in total. The van der Waals surface area contributed by atoms with Crippen LogP contribution in [0.3, 0.4) is 0 Å². The number of aliphatic imine (C=N–C) groups is 2. The number of hydrogen-bond donors (Lipinski definition) is 1. The molecule has 0 aromatic carbocycles. The number of nitrogens with zero attached hydrogens (tertiary/aromatic N) is 3. The maximum absolute atomic E-state index is 11.1. The molecule has 1 atom stereocenters. The summed E-state index contributed by atoms with van der Waals surface area (Å²) in [5.74, 6) is 0.174. The first-order valence-corrected chi connectivity index (χ1v) is 4.78. The van der Waals surface area contributed by atoms with Crippen molar-refractivity contribution >= 4 is 18.1 Å². The molecular formula is C9H16N4O. The first-order valence-electron chi connectivity index (χ1n) is 4.78. The molecule has 0 aromatic rings. The van der Waals surface area contributed by atoms with Gasteiger partial charge in [-0.05, 0) is 13.3 Å². The second-order valence-electron chi connectivity index (χ2n) is 3.29. The van der Waals surface area contributed by atoms with Crippen molar-refractivity contribution in [2.45, 2.75) is 32.9 Å². The van der Waals surface area contributed by atoms with E-state index in [0.29, 0.717) is 5.84 Å². The summed E-state index contributed by atoms with van der Waals surface area (Å²) < 4.78 is 0. The lowest BCUT2D eigenvalue weighted by atomic mass is 10.3. The Morgan fingerprint density at radius 2 is 2.43 bits per heavy atom. The normalized spacial score (nSPS) is 20.9. The van der Waals surface area contributed by atoms with E-state index in [0.717, 1.165) is 19.4 Å². The number of primary amides is 1. The van der Waals surface area contributed by atoms with E-state index in [1.165, 1.54) is 0 Å². The number of unbranched alkanes of at least 4 members (excludes halogenated alkanes) is 1. The Hall–Kier alpha value is -1.39. The summed E-state index contributed by atoms with van der Waals surface area (Å²) in [6.07, 6.45) is 3.15. The van der Waals surface area contributed by atoms with E-state index in [1.807, 2.05) is 0 Å². The first-order chi connectivity index (χ1) is 6.65. The van der Waals surface area contributed by atoms with Crippen molar-refractivity contribution in [3.8, 4) is 0 Å². The molecule has 0 saturated carbocycles. The van der Waals surface area contributed by atoms with Gasteiger partial charge in [-0.25, -0.2) is 9.98 Å². The molecule has 0 fully saturated rings. The van der Waals surface area contributed by atoms with Crippen LogP contribution in [0.1, 0.15) is 26.7 Å². The third-order valence-electron chi connectivity index (χ3n) is 2.04. The number of rotatable bonds is 4. The molecule has 1 rings (SSSR count). The van der Waals surface area contributed by atoms with Crippen molar-refractivity contribution in [3.63, 3.8) is 0 Å². The molecule has 1 aliphatic heterocycles. The molecule has 0 aromatic heterocycles. The highest BCUT2D eigenvalue weighted by atomic mass is 16.1. The maximum Gasteiger partial charge on any atom is 0.262 e. The van der Waals surface area contributed by atoms with Gasteiger partial charge < -0.3 is 10.6 Å². The average molecular weight is 196 g/mol. The fourth-order valence-corrected chi connectivity index (χ4v) is 1.25. The number of carbonyl (C=O) groups is 1. The topological polar surface area (TPSA) is 71.1 Å². The molecule has 0 radical (unpaired) electrons. The van der Waals surface area contributed by atoms with E-state index in [-0.39, 0.29) is 0 Å². The summed E-state index contributed by atoms with van der Waals surface area (Å²) in [7, 11) is 0. The summed E-state index contributed by atoms with van der Waals surface area (Å²) in [5, 5.41) is 0. The fourth-order valence-electron chi connectivity index (χ4n) is 1.25. The second kappa shape index (κ2) is 4.74. The number of carbonyl (C=O) groups excluding carboxylic acids is 1. The largest absolute Gasteiger partial charge is 0.366 e. The standard InChI is InChI=1S/C9H16N4O/c1-3-4-5-13-6-11-7(2)12-9(13)8(10)14/h6,9H,3-5H2,1-2H3,(H2,10,14). The van der Waals surface area contributed by atoms with Crippen LogP contribution in [0.2, 0.25) is 0 Å². The van der Waals surface area contributed by atoms with Crippen molar-refractivity contribution < 1.29 is 4.79 Å². The predicted octanol–water partition coefficient (Wildman–Crippen LogP) is 0.360. The third kappa shape index (κ3) is 2.55. The molecular weight excluding hydrogens is 180 g/mol. The van der Waals surface area contributed by atoms with Gasteiger partial charge in [0.05, 0.1) is 6.34 Å². The molecule has 0 aliphatic carbocycles. The predicted molar refractivity (Wildman–Crippen MR) is 56.2 cm³/mol. The first kappa shape index (κ1) is 10.7. The molecule has 78 valence electrons. The van der Waals surface area contributed by atoms with Crippen molar-refractivity contribution in [1.82, 2.24) is 4.90 Å². The molecule has 5 heteroatoms. The van der Waals surface area contributed by atoms with Crippen LogP contribution in [0, 0.1) is 0 Å². The third-order valence-corrected chi connectivity index (χ3v) is 2.04. The quantitative estimate of drug-likeness (QED) is 0.705. The van der Waals surface area contributed by atoms with Gasteiger partial charge in [-0.3, -0.25) is 4.79 Å². The van der Waals surface area contributed by atoms with Gasteiger partial charge in [0.15, 0.2) is 0 Å². The zero-order chi connectivity index (χ0) is 10.6. The van der Waals surface area contributed by atoms with E-state index >= 15 is 0 Å². The highest BCUT2D eigenvalue weighted by molar-refractivity contribution is 5.94. The number of nitrogens with two attached hydrogens (primary N) is 1. The van der Waals surface area contributed by atoms with Crippen molar-refractivity contribution in [2.24, 2.45) is 15.7 Å². The molecule has 1 unspecified atom stereocenters. The zero-order valence-electron chi connectivity index (χ0n) is 8.60. The average Bonchev–Trinajstić information content (AvgIpc) is 2.15.